The predicted octanol–water partition coefficient (Wildman–Crippen LogP) is 2.59. The second kappa shape index (κ2) is 13.2. The third kappa shape index (κ3) is 5.74. The van der Waals surface area contributed by atoms with E-state index in [0.717, 1.165) is 16.8 Å². The molecule has 6 atom stereocenters. The molecule has 0 radical (unpaired) electrons. The van der Waals surface area contributed by atoms with Crippen molar-refractivity contribution >= 4 is 29.4 Å². The van der Waals surface area contributed by atoms with Gasteiger partial charge in [0.2, 0.25) is 11.8 Å². The number of allylic oxidation sites excluding steroid dienone is 1. The molecule has 1 aromatic carbocycles. The molecule has 3 amide bonds. The largest absolute Gasteiger partial charge is 0.460 e. The second-order valence-electron chi connectivity index (χ2n) is 11.5. The van der Waals surface area contributed by atoms with Crippen molar-refractivity contribution < 1.29 is 33.8 Å². The van der Waals surface area contributed by atoms with E-state index < -0.39 is 41.7 Å². The third-order valence-corrected chi connectivity index (χ3v) is 8.63. The van der Waals surface area contributed by atoms with Gasteiger partial charge in [0, 0.05) is 31.8 Å². The van der Waals surface area contributed by atoms with Gasteiger partial charge in [-0.05, 0) is 57.6 Å². The molecule has 3 heterocycles. The molecule has 0 aliphatic carbocycles. The lowest BCUT2D eigenvalue weighted by Crippen LogP contribution is -2.56. The fourth-order valence-corrected chi connectivity index (χ4v) is 6.88. The number of nitrogens with one attached hydrogen (secondary N) is 1. The number of anilines is 1. The Hall–Kier alpha value is -3.50. The Morgan fingerprint density at radius 3 is 2.62 bits per heavy atom. The summed E-state index contributed by atoms with van der Waals surface area (Å²) in [5, 5.41) is 12.4. The van der Waals surface area contributed by atoms with Crippen LogP contribution in [-0.4, -0.2) is 83.8 Å². The zero-order chi connectivity index (χ0) is 30.6. The number of amides is 3. The Balaban J connectivity index is 1.62. The van der Waals surface area contributed by atoms with E-state index in [1.54, 1.807) is 24.0 Å². The molecular weight excluding hydrogens is 538 g/mol. The molecule has 4 rings (SSSR count). The van der Waals surface area contributed by atoms with Crippen molar-refractivity contribution in [3.05, 3.63) is 54.6 Å². The molecule has 0 saturated carbocycles. The summed E-state index contributed by atoms with van der Waals surface area (Å²) in [5.74, 6) is -3.12. The number of aryl methyl sites for hydroxylation is 2. The number of ether oxygens (including phenoxy) is 2. The molecule has 2 N–H and O–H groups in total. The number of likely N-dealkylation sites (tertiary alicyclic amines) is 1. The number of rotatable bonds is 14. The summed E-state index contributed by atoms with van der Waals surface area (Å²) in [6.07, 6.45) is 4.23. The molecule has 10 heteroatoms. The maximum atomic E-state index is 14.5. The zero-order valence-electron chi connectivity index (χ0n) is 24.8. The maximum absolute atomic E-state index is 14.5. The minimum Gasteiger partial charge on any atom is -0.460 e. The van der Waals surface area contributed by atoms with Crippen LogP contribution in [0.2, 0.25) is 0 Å². The standard InChI is InChI=1S/C32H43N3O7/c1-6-8-13-24(37)33-19-22(5)41-31(40)25-23-14-15-32(42-23)26(25)29(38)35(17-10-18-36)28(32)30(39)34(16-7-2)27-20(3)11-9-12-21(27)4/h6-7,9,11-12,22-23,25-26,28,36H,1-2,8,10,13-19H2,3-5H3,(H,33,37)/t22-,23+,25-,26-,28+,32-/m0/s1. The first-order valence-electron chi connectivity index (χ1n) is 14.8. The number of para-hydroxylation sites is 1. The number of carbonyl (C=O) groups is 4. The lowest BCUT2D eigenvalue weighted by atomic mass is 9.70. The summed E-state index contributed by atoms with van der Waals surface area (Å²) in [6, 6.07) is 4.83. The molecule has 3 fully saturated rings. The van der Waals surface area contributed by atoms with E-state index in [1.165, 1.54) is 4.90 Å². The van der Waals surface area contributed by atoms with Crippen molar-refractivity contribution in [2.45, 2.75) is 76.7 Å². The predicted molar refractivity (Wildman–Crippen MR) is 157 cm³/mol. The number of aliphatic hydroxyl groups is 1. The summed E-state index contributed by atoms with van der Waals surface area (Å²) >= 11 is 0. The van der Waals surface area contributed by atoms with Crippen molar-refractivity contribution in [1.82, 2.24) is 10.2 Å². The second-order valence-corrected chi connectivity index (χ2v) is 11.5. The van der Waals surface area contributed by atoms with E-state index in [2.05, 4.69) is 18.5 Å². The number of fused-ring (bicyclic) bond motifs is 1. The van der Waals surface area contributed by atoms with Gasteiger partial charge >= 0.3 is 5.97 Å². The highest BCUT2D eigenvalue weighted by molar-refractivity contribution is 6.05. The van der Waals surface area contributed by atoms with E-state index in [1.807, 2.05) is 32.0 Å². The van der Waals surface area contributed by atoms with E-state index in [0.29, 0.717) is 25.7 Å². The van der Waals surface area contributed by atoms with E-state index in [4.69, 9.17) is 9.47 Å². The molecule has 0 unspecified atom stereocenters. The van der Waals surface area contributed by atoms with Crippen molar-refractivity contribution in [3.63, 3.8) is 0 Å². The summed E-state index contributed by atoms with van der Waals surface area (Å²) < 4.78 is 12.2. The summed E-state index contributed by atoms with van der Waals surface area (Å²) in [7, 11) is 0. The van der Waals surface area contributed by atoms with Crippen LogP contribution in [-0.2, 0) is 28.7 Å². The van der Waals surface area contributed by atoms with Crippen LogP contribution in [0, 0.1) is 25.7 Å². The van der Waals surface area contributed by atoms with E-state index >= 15 is 0 Å². The number of hydrogen-bond donors (Lipinski definition) is 2. The first-order chi connectivity index (χ1) is 20.1. The highest BCUT2D eigenvalue weighted by atomic mass is 16.6. The van der Waals surface area contributed by atoms with Gasteiger partial charge in [-0.2, -0.15) is 0 Å². The Labute approximate surface area is 247 Å². The van der Waals surface area contributed by atoms with Crippen molar-refractivity contribution in [3.8, 4) is 0 Å². The fourth-order valence-electron chi connectivity index (χ4n) is 6.88. The van der Waals surface area contributed by atoms with E-state index in [-0.39, 0.29) is 50.4 Å². The Bertz CT molecular complexity index is 1210. The van der Waals surface area contributed by atoms with Crippen LogP contribution in [0.3, 0.4) is 0 Å². The van der Waals surface area contributed by atoms with Gasteiger partial charge in [-0.15, -0.1) is 13.2 Å². The molecule has 1 spiro atoms. The first-order valence-corrected chi connectivity index (χ1v) is 14.8. The van der Waals surface area contributed by atoms with Crippen LogP contribution < -0.4 is 10.2 Å². The van der Waals surface area contributed by atoms with Crippen molar-refractivity contribution in [2.75, 3.05) is 31.1 Å². The molecule has 2 bridgehead atoms. The van der Waals surface area contributed by atoms with Gasteiger partial charge < -0.3 is 29.7 Å². The van der Waals surface area contributed by atoms with Gasteiger partial charge in [-0.1, -0.05) is 30.4 Å². The van der Waals surface area contributed by atoms with E-state index in [9.17, 15) is 24.3 Å². The Kier molecular flexibility index (Phi) is 9.89. The molecule has 3 aliphatic rings. The number of aliphatic hydroxyl groups excluding tert-OH is 1. The third-order valence-electron chi connectivity index (χ3n) is 8.63. The normalized spacial score (nSPS) is 26.5. The van der Waals surface area contributed by atoms with Crippen molar-refractivity contribution in [1.29, 1.82) is 0 Å². The van der Waals surface area contributed by atoms with Gasteiger partial charge in [-0.25, -0.2) is 0 Å². The topological polar surface area (TPSA) is 125 Å². The van der Waals surface area contributed by atoms with Gasteiger partial charge in [0.05, 0.1) is 24.5 Å². The van der Waals surface area contributed by atoms with Gasteiger partial charge in [0.25, 0.3) is 5.91 Å². The van der Waals surface area contributed by atoms with Crippen LogP contribution in [0.1, 0.15) is 50.2 Å². The minimum atomic E-state index is -1.18. The highest BCUT2D eigenvalue weighted by Gasteiger charge is 2.75. The van der Waals surface area contributed by atoms with Crippen LogP contribution in [0.4, 0.5) is 5.69 Å². The van der Waals surface area contributed by atoms with Crippen LogP contribution >= 0.6 is 0 Å². The molecule has 3 saturated heterocycles. The van der Waals surface area contributed by atoms with Gasteiger partial charge in [0.15, 0.2) is 0 Å². The number of esters is 1. The summed E-state index contributed by atoms with van der Waals surface area (Å²) in [6.45, 7) is 13.4. The van der Waals surface area contributed by atoms with Gasteiger partial charge in [-0.3, -0.25) is 19.2 Å². The average Bonchev–Trinajstić information content (AvgIpc) is 3.60. The van der Waals surface area contributed by atoms with Crippen LogP contribution in [0.15, 0.2) is 43.5 Å². The molecule has 3 aliphatic heterocycles. The Morgan fingerprint density at radius 1 is 1.26 bits per heavy atom. The van der Waals surface area contributed by atoms with Crippen molar-refractivity contribution in [2.24, 2.45) is 11.8 Å². The maximum Gasteiger partial charge on any atom is 0.312 e. The zero-order valence-corrected chi connectivity index (χ0v) is 24.8. The van der Waals surface area contributed by atoms with Crippen LogP contribution in [0.25, 0.3) is 0 Å². The van der Waals surface area contributed by atoms with Gasteiger partial charge in [0.1, 0.15) is 17.7 Å². The minimum absolute atomic E-state index is 0.139. The number of benzene rings is 1. The molecular formula is C32H43N3O7. The molecule has 0 aromatic heterocycles. The quantitative estimate of drug-likeness (QED) is 0.256. The van der Waals surface area contributed by atoms with Crippen LogP contribution in [0.5, 0.6) is 0 Å². The Morgan fingerprint density at radius 2 is 1.98 bits per heavy atom. The molecule has 228 valence electrons. The number of carbonyl (C=O) groups excluding carboxylic acids is 4. The molecule has 1 aromatic rings. The lowest BCUT2D eigenvalue weighted by molar-refractivity contribution is -0.159. The summed E-state index contributed by atoms with van der Waals surface area (Å²) in [5.41, 5.74) is 1.39. The average molecular weight is 582 g/mol. The first kappa shape index (κ1) is 31.4. The SMILES string of the molecule is C=CCCC(=O)NC[C@H](C)OC(=O)[C@@H]1[C@H]2C(=O)N(CCCO)[C@H](C(=O)N(CC=C)c3c(C)cccc3C)[C@]23CC[C@H]1O3. The summed E-state index contributed by atoms with van der Waals surface area (Å²) in [4.78, 5) is 57.3. The molecule has 10 nitrogen and oxygen atoms in total. The number of nitrogens with zero attached hydrogens (tertiary/aromatic N) is 2. The lowest BCUT2D eigenvalue weighted by Gasteiger charge is -2.37. The molecule has 42 heavy (non-hydrogen) atoms. The monoisotopic (exact) mass is 581 g/mol. The fraction of sp³-hybridized carbons (Fsp3) is 0.562. The highest BCUT2D eigenvalue weighted by Crippen LogP contribution is 2.59. The smallest absolute Gasteiger partial charge is 0.312 e. The number of hydrogen-bond acceptors (Lipinski definition) is 7.